The minimum Gasteiger partial charge on any atom is -0.497 e. The lowest BCUT2D eigenvalue weighted by molar-refractivity contribution is 0.210. The van der Waals surface area contributed by atoms with Crippen LogP contribution in [-0.4, -0.2) is 38.3 Å². The first-order chi connectivity index (χ1) is 15.7. The highest BCUT2D eigenvalue weighted by molar-refractivity contribution is 5.47. The Labute approximate surface area is 190 Å². The van der Waals surface area contributed by atoms with E-state index in [4.69, 9.17) is 14.2 Å². The van der Waals surface area contributed by atoms with Gasteiger partial charge in [0.25, 0.3) is 0 Å². The van der Waals surface area contributed by atoms with Crippen molar-refractivity contribution in [2.75, 3.05) is 32.6 Å². The van der Waals surface area contributed by atoms with Crippen LogP contribution in [0.3, 0.4) is 0 Å². The van der Waals surface area contributed by atoms with E-state index in [0.717, 1.165) is 61.0 Å². The first-order valence-corrected chi connectivity index (χ1v) is 11.2. The Balaban J connectivity index is 1.30. The maximum atomic E-state index is 6.08. The highest BCUT2D eigenvalue weighted by Gasteiger charge is 2.19. The van der Waals surface area contributed by atoms with Gasteiger partial charge in [0.2, 0.25) is 0 Å². The molecule has 1 heterocycles. The molecular weight excluding hydrogens is 400 g/mol. The second-order valence-electron chi connectivity index (χ2n) is 8.18. The molecule has 4 rings (SSSR count). The summed E-state index contributed by atoms with van der Waals surface area (Å²) in [4.78, 5) is 2.51. The van der Waals surface area contributed by atoms with Crippen LogP contribution in [0.1, 0.15) is 24.0 Å². The third-order valence-electron chi connectivity index (χ3n) is 5.92. The van der Waals surface area contributed by atoms with Crippen LogP contribution < -0.4 is 19.5 Å². The zero-order valence-electron chi connectivity index (χ0n) is 18.9. The van der Waals surface area contributed by atoms with Crippen molar-refractivity contribution in [1.29, 1.82) is 0 Å². The second kappa shape index (κ2) is 10.9. The molecule has 0 aromatic heterocycles. The molecule has 1 fully saturated rings. The molecule has 5 nitrogen and oxygen atoms in total. The molecule has 0 bridgehead atoms. The molecule has 1 N–H and O–H groups in total. The summed E-state index contributed by atoms with van der Waals surface area (Å²) in [5, 5.41) is 3.65. The topological polar surface area (TPSA) is 43.0 Å². The van der Waals surface area contributed by atoms with E-state index in [9.17, 15) is 0 Å². The number of piperidine rings is 1. The quantitative estimate of drug-likeness (QED) is 0.493. The van der Waals surface area contributed by atoms with Crippen LogP contribution in [0, 0.1) is 0 Å². The van der Waals surface area contributed by atoms with E-state index >= 15 is 0 Å². The lowest BCUT2D eigenvalue weighted by atomic mass is 10.0. The summed E-state index contributed by atoms with van der Waals surface area (Å²) in [7, 11) is 3.38. The second-order valence-corrected chi connectivity index (χ2v) is 8.18. The largest absolute Gasteiger partial charge is 0.497 e. The van der Waals surface area contributed by atoms with Crippen molar-refractivity contribution >= 4 is 5.69 Å². The average molecular weight is 433 g/mol. The van der Waals surface area contributed by atoms with Crippen LogP contribution in [0.4, 0.5) is 5.69 Å². The Hall–Kier alpha value is -3.18. The lowest BCUT2D eigenvalue weighted by Gasteiger charge is -2.33. The number of benzene rings is 3. The van der Waals surface area contributed by atoms with Gasteiger partial charge >= 0.3 is 0 Å². The van der Waals surface area contributed by atoms with Gasteiger partial charge in [-0.3, -0.25) is 4.90 Å². The molecule has 3 aromatic carbocycles. The van der Waals surface area contributed by atoms with Crippen molar-refractivity contribution in [1.82, 2.24) is 4.90 Å². The monoisotopic (exact) mass is 432 g/mol. The molecule has 32 heavy (non-hydrogen) atoms. The Morgan fingerprint density at radius 2 is 1.56 bits per heavy atom. The predicted molar refractivity (Wildman–Crippen MR) is 129 cm³/mol. The third-order valence-corrected chi connectivity index (χ3v) is 5.92. The number of hydrogen-bond acceptors (Lipinski definition) is 5. The van der Waals surface area contributed by atoms with E-state index < -0.39 is 0 Å². The Morgan fingerprint density at radius 1 is 0.812 bits per heavy atom. The van der Waals surface area contributed by atoms with E-state index in [1.54, 1.807) is 14.2 Å². The van der Waals surface area contributed by atoms with Gasteiger partial charge in [0.15, 0.2) is 11.5 Å². The molecule has 0 radical (unpaired) electrons. The van der Waals surface area contributed by atoms with Crippen molar-refractivity contribution in [3.05, 3.63) is 83.9 Å². The Kier molecular flexibility index (Phi) is 7.51. The van der Waals surface area contributed by atoms with E-state index in [-0.39, 0.29) is 0 Å². The fourth-order valence-electron chi connectivity index (χ4n) is 4.08. The number of rotatable bonds is 9. The van der Waals surface area contributed by atoms with Crippen LogP contribution in [0.15, 0.2) is 72.8 Å². The van der Waals surface area contributed by atoms with Crippen LogP contribution in [-0.2, 0) is 13.2 Å². The fraction of sp³-hybridized carbons (Fsp3) is 0.333. The Morgan fingerprint density at radius 3 is 2.25 bits per heavy atom. The molecule has 1 saturated heterocycles. The zero-order valence-corrected chi connectivity index (χ0v) is 18.9. The summed E-state index contributed by atoms with van der Waals surface area (Å²) in [5.41, 5.74) is 3.54. The summed E-state index contributed by atoms with van der Waals surface area (Å²) >= 11 is 0. The molecule has 0 saturated carbocycles. The first kappa shape index (κ1) is 22.0. The summed E-state index contributed by atoms with van der Waals surface area (Å²) < 4.78 is 16.8. The van der Waals surface area contributed by atoms with E-state index in [0.29, 0.717) is 12.6 Å². The van der Waals surface area contributed by atoms with E-state index in [2.05, 4.69) is 46.6 Å². The highest BCUT2D eigenvalue weighted by Crippen LogP contribution is 2.30. The molecule has 1 aliphatic rings. The summed E-state index contributed by atoms with van der Waals surface area (Å²) in [5.74, 6) is 2.45. The van der Waals surface area contributed by atoms with Crippen LogP contribution in [0.2, 0.25) is 0 Å². The number of likely N-dealkylation sites (tertiary alicyclic amines) is 1. The molecule has 3 aromatic rings. The third kappa shape index (κ3) is 5.95. The van der Waals surface area contributed by atoms with Gasteiger partial charge in [-0.1, -0.05) is 36.4 Å². The van der Waals surface area contributed by atoms with E-state index in [1.165, 1.54) is 5.56 Å². The maximum absolute atomic E-state index is 6.08. The predicted octanol–water partition coefficient (Wildman–Crippen LogP) is 5.36. The maximum Gasteiger partial charge on any atom is 0.161 e. The smallest absolute Gasteiger partial charge is 0.161 e. The number of hydrogen-bond donors (Lipinski definition) is 1. The van der Waals surface area contributed by atoms with Gasteiger partial charge in [0, 0.05) is 31.4 Å². The zero-order chi connectivity index (χ0) is 22.2. The van der Waals surface area contributed by atoms with Crippen molar-refractivity contribution in [2.45, 2.75) is 32.0 Å². The van der Waals surface area contributed by atoms with Gasteiger partial charge in [0.1, 0.15) is 12.4 Å². The molecule has 0 spiro atoms. The molecular formula is C27H32N2O3. The van der Waals surface area contributed by atoms with Gasteiger partial charge in [0.05, 0.1) is 14.2 Å². The SMILES string of the molecule is COc1ccc(NC2CCN(Cc3ccc(OC)c(OCc4ccccc4)c3)CC2)cc1. The average Bonchev–Trinajstić information content (AvgIpc) is 2.85. The number of nitrogens with one attached hydrogen (secondary N) is 1. The van der Waals surface area contributed by atoms with Gasteiger partial charge < -0.3 is 19.5 Å². The lowest BCUT2D eigenvalue weighted by Crippen LogP contribution is -2.38. The Bertz CT molecular complexity index is 968. The van der Waals surface area contributed by atoms with Crippen molar-refractivity contribution in [2.24, 2.45) is 0 Å². The molecule has 168 valence electrons. The summed E-state index contributed by atoms with van der Waals surface area (Å²) in [6.45, 7) is 3.59. The minimum atomic E-state index is 0.500. The number of anilines is 1. The standard InChI is InChI=1S/C27H32N2O3/c1-30-25-11-9-23(10-12-25)28-24-14-16-29(17-15-24)19-22-8-13-26(31-2)27(18-22)32-20-21-6-4-3-5-7-21/h3-13,18,24,28H,14-17,19-20H2,1-2H3. The molecule has 0 aliphatic carbocycles. The normalized spacial score (nSPS) is 14.7. The molecule has 0 unspecified atom stereocenters. The minimum absolute atomic E-state index is 0.500. The summed E-state index contributed by atoms with van der Waals surface area (Å²) in [6.07, 6.45) is 2.25. The van der Waals surface area contributed by atoms with Crippen LogP contribution >= 0.6 is 0 Å². The number of ether oxygens (including phenoxy) is 3. The highest BCUT2D eigenvalue weighted by atomic mass is 16.5. The molecule has 0 atom stereocenters. The molecule has 5 heteroatoms. The van der Waals surface area contributed by atoms with Crippen LogP contribution in [0.5, 0.6) is 17.2 Å². The van der Waals surface area contributed by atoms with Gasteiger partial charge in [-0.25, -0.2) is 0 Å². The fourth-order valence-corrected chi connectivity index (χ4v) is 4.08. The van der Waals surface area contributed by atoms with Crippen molar-refractivity contribution < 1.29 is 14.2 Å². The van der Waals surface area contributed by atoms with Crippen LogP contribution in [0.25, 0.3) is 0 Å². The summed E-state index contributed by atoms with van der Waals surface area (Å²) in [6, 6.07) is 25.1. The van der Waals surface area contributed by atoms with Gasteiger partial charge in [-0.2, -0.15) is 0 Å². The van der Waals surface area contributed by atoms with E-state index in [1.807, 2.05) is 36.4 Å². The molecule has 1 aliphatic heterocycles. The molecule has 0 amide bonds. The van der Waals surface area contributed by atoms with Gasteiger partial charge in [-0.15, -0.1) is 0 Å². The first-order valence-electron chi connectivity index (χ1n) is 11.2. The van der Waals surface area contributed by atoms with Crippen molar-refractivity contribution in [3.8, 4) is 17.2 Å². The van der Waals surface area contributed by atoms with Gasteiger partial charge in [-0.05, 0) is 60.4 Å². The number of methoxy groups -OCH3 is 2. The number of nitrogens with zero attached hydrogens (tertiary/aromatic N) is 1. The van der Waals surface area contributed by atoms with Crippen molar-refractivity contribution in [3.63, 3.8) is 0 Å².